The van der Waals surface area contributed by atoms with Gasteiger partial charge in [-0.15, -0.1) is 0 Å². The largest absolute Gasteiger partial charge is 0.345 e. The van der Waals surface area contributed by atoms with Crippen molar-refractivity contribution in [3.8, 4) is 0 Å². The molecule has 0 radical (unpaired) electrons. The summed E-state index contributed by atoms with van der Waals surface area (Å²) >= 11 is 0. The highest BCUT2D eigenvalue weighted by atomic mass is 16.2. The van der Waals surface area contributed by atoms with Gasteiger partial charge in [-0.25, -0.2) is 4.98 Å². The van der Waals surface area contributed by atoms with E-state index in [4.69, 9.17) is 0 Å². The fourth-order valence-corrected chi connectivity index (χ4v) is 4.18. The summed E-state index contributed by atoms with van der Waals surface area (Å²) in [5.74, 6) is 0.604. The number of carbonyl (C=O) groups excluding carboxylic acids is 2. The number of pyridine rings is 1. The summed E-state index contributed by atoms with van der Waals surface area (Å²) in [7, 11) is 0. The molecule has 0 saturated carbocycles. The molecular formula is C21H27N5O2. The van der Waals surface area contributed by atoms with E-state index in [1.807, 2.05) is 21.6 Å². The highest BCUT2D eigenvalue weighted by Crippen LogP contribution is 2.24. The zero-order chi connectivity index (χ0) is 19.5. The number of hydrogen-bond donors (Lipinski definition) is 1. The average Bonchev–Trinajstić information content (AvgIpc) is 3.12. The van der Waals surface area contributed by atoms with E-state index in [1.165, 1.54) is 0 Å². The lowest BCUT2D eigenvalue weighted by molar-refractivity contribution is 0.0676. The maximum atomic E-state index is 13.1. The summed E-state index contributed by atoms with van der Waals surface area (Å²) in [6, 6.07) is 3.76. The molecule has 0 bridgehead atoms. The van der Waals surface area contributed by atoms with Gasteiger partial charge in [0.2, 0.25) is 0 Å². The van der Waals surface area contributed by atoms with Gasteiger partial charge in [-0.3, -0.25) is 14.6 Å². The Balaban J connectivity index is 1.56. The molecule has 1 N–H and O–H groups in total. The Morgan fingerprint density at radius 3 is 2.93 bits per heavy atom. The fourth-order valence-electron chi connectivity index (χ4n) is 4.18. The second-order valence-electron chi connectivity index (χ2n) is 7.88. The molecule has 2 aromatic rings. The minimum atomic E-state index is -0.238. The van der Waals surface area contributed by atoms with Crippen molar-refractivity contribution in [2.24, 2.45) is 5.92 Å². The summed E-state index contributed by atoms with van der Waals surface area (Å²) in [5, 5.41) is 2.92. The van der Waals surface area contributed by atoms with E-state index in [-0.39, 0.29) is 11.8 Å². The first kappa shape index (κ1) is 18.7. The third kappa shape index (κ3) is 3.79. The number of carbonyl (C=O) groups is 2. The number of aromatic nitrogens is 3. The molecule has 1 atom stereocenters. The molecule has 148 valence electrons. The Morgan fingerprint density at radius 2 is 2.14 bits per heavy atom. The van der Waals surface area contributed by atoms with Crippen LogP contribution in [0.3, 0.4) is 0 Å². The van der Waals surface area contributed by atoms with E-state index in [9.17, 15) is 9.59 Å². The van der Waals surface area contributed by atoms with Crippen LogP contribution in [0.25, 0.3) is 0 Å². The Hall–Kier alpha value is -2.70. The Morgan fingerprint density at radius 1 is 1.25 bits per heavy atom. The van der Waals surface area contributed by atoms with Gasteiger partial charge >= 0.3 is 0 Å². The molecule has 2 aromatic heterocycles. The van der Waals surface area contributed by atoms with Crippen molar-refractivity contribution in [2.45, 2.75) is 52.1 Å². The fraction of sp³-hybridized carbons (Fsp3) is 0.524. The molecule has 1 saturated heterocycles. The topological polar surface area (TPSA) is 80.1 Å². The van der Waals surface area contributed by atoms with Crippen molar-refractivity contribution in [1.29, 1.82) is 0 Å². The normalized spacial score (nSPS) is 19.2. The van der Waals surface area contributed by atoms with Gasteiger partial charge in [0.05, 0.1) is 5.69 Å². The van der Waals surface area contributed by atoms with Gasteiger partial charge in [0.25, 0.3) is 11.8 Å². The smallest absolute Gasteiger partial charge is 0.287 e. The SMILES string of the molecule is CC1CCCN(C(=O)c2nc(C(=O)NCc3cccnc3)n3c2CCCC3)C1. The van der Waals surface area contributed by atoms with Crippen LogP contribution in [0.5, 0.6) is 0 Å². The Labute approximate surface area is 165 Å². The number of fused-ring (bicyclic) bond motifs is 1. The standard InChI is InChI=1S/C21H27N5O2/c1-15-6-5-10-25(14-15)21(28)18-17-8-2-3-11-26(17)19(24-18)20(27)23-13-16-7-4-9-22-12-16/h4,7,9,12,15H,2-3,5-6,8,10-11,13-14H2,1H3,(H,23,27). The average molecular weight is 381 g/mol. The summed E-state index contributed by atoms with van der Waals surface area (Å²) in [6.45, 7) is 4.86. The molecule has 2 aliphatic rings. The summed E-state index contributed by atoms with van der Waals surface area (Å²) < 4.78 is 1.95. The molecule has 1 unspecified atom stereocenters. The van der Waals surface area contributed by atoms with E-state index in [0.717, 1.165) is 63.0 Å². The number of rotatable bonds is 4. The first-order chi connectivity index (χ1) is 13.6. The first-order valence-electron chi connectivity index (χ1n) is 10.2. The van der Waals surface area contributed by atoms with Crippen LogP contribution in [0.2, 0.25) is 0 Å². The van der Waals surface area contributed by atoms with Crippen molar-refractivity contribution in [1.82, 2.24) is 24.8 Å². The second kappa shape index (κ2) is 8.12. The molecule has 7 nitrogen and oxygen atoms in total. The molecule has 1 fully saturated rings. The van der Waals surface area contributed by atoms with Crippen LogP contribution in [0, 0.1) is 5.92 Å². The number of imidazole rings is 1. The highest BCUT2D eigenvalue weighted by Gasteiger charge is 2.31. The van der Waals surface area contributed by atoms with Gasteiger partial charge in [0, 0.05) is 38.6 Å². The number of amides is 2. The molecule has 4 rings (SSSR count). The molecule has 4 heterocycles. The Kier molecular flexibility index (Phi) is 5.41. The lowest BCUT2D eigenvalue weighted by Gasteiger charge is -2.30. The van der Waals surface area contributed by atoms with E-state index in [2.05, 4.69) is 22.2 Å². The van der Waals surface area contributed by atoms with Gasteiger partial charge in [-0.1, -0.05) is 13.0 Å². The van der Waals surface area contributed by atoms with Crippen molar-refractivity contribution in [2.75, 3.05) is 13.1 Å². The predicted octanol–water partition coefficient (Wildman–Crippen LogP) is 2.42. The van der Waals surface area contributed by atoms with E-state index in [0.29, 0.717) is 24.0 Å². The van der Waals surface area contributed by atoms with Crippen LogP contribution < -0.4 is 5.32 Å². The molecule has 2 amide bonds. The number of piperidine rings is 1. The minimum absolute atomic E-state index is 0.0245. The monoisotopic (exact) mass is 381 g/mol. The van der Waals surface area contributed by atoms with Crippen LogP contribution in [0.4, 0.5) is 0 Å². The van der Waals surface area contributed by atoms with Crippen LogP contribution in [-0.2, 0) is 19.5 Å². The lowest BCUT2D eigenvalue weighted by atomic mass is 9.99. The van der Waals surface area contributed by atoms with Crippen LogP contribution >= 0.6 is 0 Å². The molecule has 28 heavy (non-hydrogen) atoms. The van der Waals surface area contributed by atoms with Gasteiger partial charge in [0.15, 0.2) is 5.82 Å². The number of nitrogens with zero attached hydrogens (tertiary/aromatic N) is 4. The van der Waals surface area contributed by atoms with E-state index in [1.54, 1.807) is 12.4 Å². The first-order valence-corrected chi connectivity index (χ1v) is 10.2. The number of nitrogens with one attached hydrogen (secondary N) is 1. The molecule has 0 aromatic carbocycles. The number of likely N-dealkylation sites (tertiary alicyclic amines) is 1. The second-order valence-corrected chi connectivity index (χ2v) is 7.88. The van der Waals surface area contributed by atoms with E-state index >= 15 is 0 Å². The third-order valence-electron chi connectivity index (χ3n) is 5.64. The third-order valence-corrected chi connectivity index (χ3v) is 5.64. The summed E-state index contributed by atoms with van der Waals surface area (Å²) in [6.07, 6.45) is 8.45. The zero-order valence-electron chi connectivity index (χ0n) is 16.4. The summed E-state index contributed by atoms with van der Waals surface area (Å²) in [4.78, 5) is 36.5. The molecule has 2 aliphatic heterocycles. The number of hydrogen-bond acceptors (Lipinski definition) is 4. The van der Waals surface area contributed by atoms with Gasteiger partial charge in [-0.05, 0) is 49.7 Å². The maximum absolute atomic E-state index is 13.1. The quantitative estimate of drug-likeness (QED) is 0.882. The van der Waals surface area contributed by atoms with E-state index < -0.39 is 0 Å². The van der Waals surface area contributed by atoms with Gasteiger partial charge in [-0.2, -0.15) is 0 Å². The van der Waals surface area contributed by atoms with Crippen molar-refractivity contribution >= 4 is 11.8 Å². The minimum Gasteiger partial charge on any atom is -0.345 e. The van der Waals surface area contributed by atoms with Crippen LogP contribution in [0.15, 0.2) is 24.5 Å². The van der Waals surface area contributed by atoms with Crippen molar-refractivity contribution < 1.29 is 9.59 Å². The Bertz CT molecular complexity index is 861. The van der Waals surface area contributed by atoms with Gasteiger partial charge < -0.3 is 14.8 Å². The maximum Gasteiger partial charge on any atom is 0.287 e. The van der Waals surface area contributed by atoms with Gasteiger partial charge in [0.1, 0.15) is 5.69 Å². The predicted molar refractivity (Wildman–Crippen MR) is 105 cm³/mol. The molecular weight excluding hydrogens is 354 g/mol. The molecule has 7 heteroatoms. The van der Waals surface area contributed by atoms with Crippen molar-refractivity contribution in [3.63, 3.8) is 0 Å². The van der Waals surface area contributed by atoms with Crippen LogP contribution in [0.1, 0.15) is 65.0 Å². The summed E-state index contributed by atoms with van der Waals surface area (Å²) in [5.41, 5.74) is 2.32. The van der Waals surface area contributed by atoms with Crippen molar-refractivity contribution in [3.05, 3.63) is 47.3 Å². The molecule has 0 spiro atoms. The zero-order valence-corrected chi connectivity index (χ0v) is 16.4. The highest BCUT2D eigenvalue weighted by molar-refractivity contribution is 5.97. The lowest BCUT2D eigenvalue weighted by Crippen LogP contribution is -2.39. The van der Waals surface area contributed by atoms with Crippen LogP contribution in [-0.4, -0.2) is 44.3 Å². The molecule has 0 aliphatic carbocycles.